The Morgan fingerprint density at radius 1 is 0.923 bits per heavy atom. The molecule has 0 spiro atoms. The van der Waals surface area contributed by atoms with E-state index in [-0.39, 0.29) is 4.90 Å². The highest BCUT2D eigenvalue weighted by Gasteiger charge is 2.27. The van der Waals surface area contributed by atoms with Crippen molar-refractivity contribution in [1.82, 2.24) is 9.99 Å². The SMILES string of the molecule is COc1ccc(N(CC(=O)N/N=C/c2cc(C)n(-c3ccc(C)cc3)c2C)S(=O)(=O)c2ccc(C)cc2)cc1. The number of methoxy groups -OCH3 is 1. The van der Waals surface area contributed by atoms with E-state index in [0.717, 1.165) is 32.5 Å². The number of ether oxygens (including phenoxy) is 1. The van der Waals surface area contributed by atoms with Crippen LogP contribution in [0.4, 0.5) is 5.69 Å². The molecule has 0 aliphatic carbocycles. The summed E-state index contributed by atoms with van der Waals surface area (Å²) in [4.78, 5) is 13.0. The molecule has 0 bridgehead atoms. The van der Waals surface area contributed by atoms with Crippen LogP contribution in [0.2, 0.25) is 0 Å². The van der Waals surface area contributed by atoms with Crippen LogP contribution < -0.4 is 14.5 Å². The third-order valence-electron chi connectivity index (χ3n) is 6.41. The van der Waals surface area contributed by atoms with Crippen LogP contribution in [0, 0.1) is 27.7 Å². The van der Waals surface area contributed by atoms with E-state index in [0.29, 0.717) is 11.4 Å². The number of aryl methyl sites for hydroxylation is 3. The number of amides is 1. The zero-order valence-corrected chi connectivity index (χ0v) is 23.5. The molecule has 1 aromatic heterocycles. The number of benzene rings is 3. The van der Waals surface area contributed by atoms with Crippen molar-refractivity contribution in [3.63, 3.8) is 0 Å². The van der Waals surface area contributed by atoms with E-state index in [2.05, 4.69) is 39.4 Å². The van der Waals surface area contributed by atoms with Crippen LogP contribution in [0.1, 0.15) is 28.1 Å². The molecule has 0 unspecified atom stereocenters. The maximum Gasteiger partial charge on any atom is 0.264 e. The molecule has 0 saturated heterocycles. The summed E-state index contributed by atoms with van der Waals surface area (Å²) in [5.41, 5.74) is 8.79. The highest BCUT2D eigenvalue weighted by molar-refractivity contribution is 7.92. The molecule has 202 valence electrons. The normalized spacial score (nSPS) is 11.5. The van der Waals surface area contributed by atoms with Crippen molar-refractivity contribution in [3.05, 3.63) is 107 Å². The Kier molecular flexibility index (Phi) is 8.21. The summed E-state index contributed by atoms with van der Waals surface area (Å²) in [5.74, 6) is -0.00572. The summed E-state index contributed by atoms with van der Waals surface area (Å²) >= 11 is 0. The summed E-state index contributed by atoms with van der Waals surface area (Å²) in [6.07, 6.45) is 1.57. The lowest BCUT2D eigenvalue weighted by Gasteiger charge is -2.24. The molecule has 4 aromatic rings. The maximum absolute atomic E-state index is 13.5. The van der Waals surface area contributed by atoms with E-state index >= 15 is 0 Å². The number of sulfonamides is 1. The number of rotatable bonds is 9. The second-order valence-electron chi connectivity index (χ2n) is 9.31. The summed E-state index contributed by atoms with van der Waals surface area (Å²) in [6.45, 7) is 7.45. The number of hydrogen-bond acceptors (Lipinski definition) is 5. The van der Waals surface area contributed by atoms with E-state index in [1.165, 1.54) is 24.8 Å². The van der Waals surface area contributed by atoms with Gasteiger partial charge in [-0.25, -0.2) is 13.8 Å². The summed E-state index contributed by atoms with van der Waals surface area (Å²) in [6, 6.07) is 23.2. The van der Waals surface area contributed by atoms with Crippen LogP contribution in [0.15, 0.2) is 88.9 Å². The third kappa shape index (κ3) is 6.21. The molecule has 1 N–H and O–H groups in total. The van der Waals surface area contributed by atoms with Crippen molar-refractivity contribution >= 4 is 27.8 Å². The molecule has 0 atom stereocenters. The number of carbonyl (C=O) groups excluding carboxylic acids is 1. The van der Waals surface area contributed by atoms with E-state index in [1.807, 2.05) is 33.8 Å². The zero-order valence-electron chi connectivity index (χ0n) is 22.7. The standard InChI is InChI=1S/C30H32N4O4S/c1-21-6-10-27(11-7-21)34-23(3)18-25(24(34)4)19-31-32-30(35)20-33(26-12-14-28(38-5)15-13-26)39(36,37)29-16-8-22(2)9-17-29/h6-19H,20H2,1-5H3,(H,32,35)/b31-19+. The van der Waals surface area contributed by atoms with Crippen molar-refractivity contribution < 1.29 is 17.9 Å². The van der Waals surface area contributed by atoms with Gasteiger partial charge in [-0.15, -0.1) is 0 Å². The fourth-order valence-electron chi connectivity index (χ4n) is 4.25. The van der Waals surface area contributed by atoms with Gasteiger partial charge in [0.1, 0.15) is 12.3 Å². The van der Waals surface area contributed by atoms with Gasteiger partial charge in [0, 0.05) is 22.6 Å². The number of nitrogens with one attached hydrogen (secondary N) is 1. The van der Waals surface area contributed by atoms with Gasteiger partial charge in [-0.1, -0.05) is 35.4 Å². The number of hydrogen-bond donors (Lipinski definition) is 1. The Morgan fingerprint density at radius 3 is 2.10 bits per heavy atom. The minimum atomic E-state index is -4.03. The number of hydrazone groups is 1. The van der Waals surface area contributed by atoms with Crippen LogP contribution in [-0.2, 0) is 14.8 Å². The zero-order chi connectivity index (χ0) is 28.2. The molecular formula is C30H32N4O4S. The lowest BCUT2D eigenvalue weighted by molar-refractivity contribution is -0.119. The largest absolute Gasteiger partial charge is 0.497 e. The van der Waals surface area contributed by atoms with Crippen LogP contribution in [-0.4, -0.2) is 38.8 Å². The molecule has 4 rings (SSSR count). The van der Waals surface area contributed by atoms with Crippen molar-refractivity contribution in [2.75, 3.05) is 18.0 Å². The predicted molar refractivity (Wildman–Crippen MR) is 154 cm³/mol. The first-order chi connectivity index (χ1) is 18.6. The molecule has 0 aliphatic rings. The first-order valence-corrected chi connectivity index (χ1v) is 13.9. The first-order valence-electron chi connectivity index (χ1n) is 12.4. The van der Waals surface area contributed by atoms with Gasteiger partial charge in [-0.05, 0) is 82.3 Å². The number of aromatic nitrogens is 1. The molecular weight excluding hydrogens is 512 g/mol. The van der Waals surface area contributed by atoms with Gasteiger partial charge in [0.25, 0.3) is 15.9 Å². The van der Waals surface area contributed by atoms with E-state index < -0.39 is 22.5 Å². The predicted octanol–water partition coefficient (Wildman–Crippen LogP) is 5.07. The van der Waals surface area contributed by atoms with E-state index in [1.54, 1.807) is 42.6 Å². The van der Waals surface area contributed by atoms with Crippen molar-refractivity contribution in [2.45, 2.75) is 32.6 Å². The Bertz CT molecular complexity index is 1590. The average Bonchev–Trinajstić information content (AvgIpc) is 3.20. The lowest BCUT2D eigenvalue weighted by atomic mass is 10.2. The van der Waals surface area contributed by atoms with Crippen LogP contribution in [0.3, 0.4) is 0 Å². The Morgan fingerprint density at radius 2 is 1.51 bits per heavy atom. The number of nitrogens with zero attached hydrogens (tertiary/aromatic N) is 3. The lowest BCUT2D eigenvalue weighted by Crippen LogP contribution is -2.39. The third-order valence-corrected chi connectivity index (χ3v) is 8.20. The second-order valence-corrected chi connectivity index (χ2v) is 11.2. The minimum absolute atomic E-state index is 0.0868. The van der Waals surface area contributed by atoms with Gasteiger partial charge in [0.15, 0.2) is 0 Å². The van der Waals surface area contributed by atoms with Gasteiger partial charge < -0.3 is 9.30 Å². The summed E-state index contributed by atoms with van der Waals surface area (Å²) < 4.78 is 35.5. The van der Waals surface area contributed by atoms with Gasteiger partial charge in [-0.2, -0.15) is 5.10 Å². The maximum atomic E-state index is 13.5. The summed E-state index contributed by atoms with van der Waals surface area (Å²) in [5, 5.41) is 4.13. The fourth-order valence-corrected chi connectivity index (χ4v) is 5.67. The smallest absolute Gasteiger partial charge is 0.264 e. The molecule has 39 heavy (non-hydrogen) atoms. The van der Waals surface area contributed by atoms with Crippen LogP contribution >= 0.6 is 0 Å². The van der Waals surface area contributed by atoms with E-state index in [4.69, 9.17) is 4.74 Å². The molecule has 1 heterocycles. The highest BCUT2D eigenvalue weighted by atomic mass is 32.2. The van der Waals surface area contributed by atoms with Crippen molar-refractivity contribution in [1.29, 1.82) is 0 Å². The van der Waals surface area contributed by atoms with Crippen LogP contribution in [0.25, 0.3) is 5.69 Å². The van der Waals surface area contributed by atoms with Crippen LogP contribution in [0.5, 0.6) is 5.75 Å². The second kappa shape index (κ2) is 11.6. The minimum Gasteiger partial charge on any atom is -0.497 e. The quantitative estimate of drug-likeness (QED) is 0.235. The average molecular weight is 545 g/mol. The molecule has 1 amide bonds. The molecule has 8 nitrogen and oxygen atoms in total. The van der Waals surface area contributed by atoms with E-state index in [9.17, 15) is 13.2 Å². The Labute approximate surface area is 229 Å². The molecule has 0 saturated carbocycles. The first kappa shape index (κ1) is 27.7. The van der Waals surface area contributed by atoms with Gasteiger partial charge in [-0.3, -0.25) is 9.10 Å². The van der Waals surface area contributed by atoms with Gasteiger partial charge in [0.2, 0.25) is 0 Å². The fraction of sp³-hybridized carbons (Fsp3) is 0.200. The van der Waals surface area contributed by atoms with Gasteiger partial charge in [0.05, 0.1) is 23.9 Å². The molecule has 0 fully saturated rings. The molecule has 3 aromatic carbocycles. The number of anilines is 1. The molecule has 0 aliphatic heterocycles. The summed E-state index contributed by atoms with van der Waals surface area (Å²) in [7, 11) is -2.50. The Balaban J connectivity index is 1.55. The van der Waals surface area contributed by atoms with Crippen molar-refractivity contribution in [3.8, 4) is 11.4 Å². The topological polar surface area (TPSA) is 93.0 Å². The number of carbonyl (C=O) groups is 1. The monoisotopic (exact) mass is 544 g/mol. The molecule has 0 radical (unpaired) electrons. The van der Waals surface area contributed by atoms with Crippen molar-refractivity contribution in [2.24, 2.45) is 5.10 Å². The highest BCUT2D eigenvalue weighted by Crippen LogP contribution is 2.26. The van der Waals surface area contributed by atoms with Gasteiger partial charge >= 0.3 is 0 Å². The molecule has 9 heteroatoms. The Hall–Kier alpha value is -4.37.